The third kappa shape index (κ3) is 15.5. The highest BCUT2D eigenvalue weighted by atomic mass is 35.5. The number of nitrogens with zero attached hydrogens (tertiary/aromatic N) is 10. The van der Waals surface area contributed by atoms with Gasteiger partial charge in [0.1, 0.15) is 28.4 Å². The Bertz CT molecular complexity index is 4070. The van der Waals surface area contributed by atoms with E-state index in [0.717, 1.165) is 44.1 Å². The third-order valence-electron chi connectivity index (χ3n) is 16.2. The van der Waals surface area contributed by atoms with Crippen LogP contribution in [0.2, 0.25) is 5.15 Å². The number of hydrogen-bond acceptors (Lipinski definition) is 14. The molecule has 1 N–H and O–H groups in total. The second-order valence-corrected chi connectivity index (χ2v) is 24.0. The number of fused-ring (bicyclic) bond motifs is 2. The summed E-state index contributed by atoms with van der Waals surface area (Å²) in [7, 11) is 0. The lowest BCUT2D eigenvalue weighted by molar-refractivity contribution is -0.163. The van der Waals surface area contributed by atoms with Crippen LogP contribution in [-0.2, 0) is 45.1 Å². The minimum Gasteiger partial charge on any atom is -0.477 e. The maximum absolute atomic E-state index is 14.1. The van der Waals surface area contributed by atoms with Crippen LogP contribution in [0.1, 0.15) is 115 Å². The summed E-state index contributed by atoms with van der Waals surface area (Å²) in [5.41, 5.74) is 1.25. The van der Waals surface area contributed by atoms with Gasteiger partial charge in [0, 0.05) is 76.7 Å². The predicted molar refractivity (Wildman–Crippen MR) is 327 cm³/mol. The van der Waals surface area contributed by atoms with Crippen LogP contribution in [0.5, 0.6) is 5.88 Å². The number of hydrogen-bond donors (Lipinski definition) is 1. The topological polar surface area (TPSA) is 216 Å². The van der Waals surface area contributed by atoms with Gasteiger partial charge in [-0.2, -0.15) is 0 Å². The van der Waals surface area contributed by atoms with E-state index in [1.165, 1.54) is 48.7 Å². The molecule has 12 rings (SSSR count). The largest absolute Gasteiger partial charge is 0.477 e. The number of halogens is 7. The molecule has 91 heavy (non-hydrogen) atoms. The summed E-state index contributed by atoms with van der Waals surface area (Å²) in [6.07, 6.45) is 8.78. The molecular formula is C64H73ClF6N10O10. The van der Waals surface area contributed by atoms with Gasteiger partial charge in [-0.05, 0) is 139 Å². The number of alkyl halides is 4. The Balaban J connectivity index is 0.000000182. The van der Waals surface area contributed by atoms with Gasteiger partial charge in [0.2, 0.25) is 5.88 Å². The average molecular weight is 1290 g/mol. The second-order valence-electron chi connectivity index (χ2n) is 23.6. The Morgan fingerprint density at radius 3 is 1.45 bits per heavy atom. The molecular weight excluding hydrogens is 1220 g/mol. The predicted octanol–water partition coefficient (Wildman–Crippen LogP) is 10.6. The zero-order chi connectivity index (χ0) is 64.7. The minimum atomic E-state index is -2.77. The first-order valence-electron chi connectivity index (χ1n) is 30.7. The highest BCUT2D eigenvalue weighted by molar-refractivity contribution is 6.32. The zero-order valence-corrected chi connectivity index (χ0v) is 51.7. The number of imidazole rings is 2. The van der Waals surface area contributed by atoms with E-state index in [9.17, 15) is 45.5 Å². The first-order valence-corrected chi connectivity index (χ1v) is 31.1. The SMILES string of the molecule is CC(C)n1c(=O)n(CCCOC2CCCCO2)c(=O)c2c1nc(-c1cccnc1Cl)n2Cc1ccc(F)cc1.CC(C)n1c(=O)n(CCCOC2CCCCO2)c(=O)c2c1nc(-c1cccnc1OCC1CC1(F)F)n2Cc1ccc(F)cc1.OCC1CC1(F)F. The van der Waals surface area contributed by atoms with Crippen LogP contribution in [0, 0.1) is 23.5 Å². The molecule has 6 aromatic heterocycles. The summed E-state index contributed by atoms with van der Waals surface area (Å²) in [6, 6.07) is 18.1. The van der Waals surface area contributed by atoms with Crippen molar-refractivity contribution in [2.75, 3.05) is 39.6 Å². The molecule has 0 spiro atoms. The molecule has 2 aliphatic heterocycles. The lowest BCUT2D eigenvalue weighted by Gasteiger charge is -2.22. The minimum absolute atomic E-state index is 0.0803. The van der Waals surface area contributed by atoms with Crippen molar-refractivity contribution in [2.45, 2.75) is 155 Å². The van der Waals surface area contributed by atoms with Crippen LogP contribution in [0.3, 0.4) is 0 Å². The van der Waals surface area contributed by atoms with E-state index in [-0.39, 0.29) is 122 Å². The van der Waals surface area contributed by atoms with Gasteiger partial charge >= 0.3 is 11.4 Å². The van der Waals surface area contributed by atoms with Crippen molar-refractivity contribution in [1.82, 2.24) is 47.3 Å². The van der Waals surface area contributed by atoms with Crippen molar-refractivity contribution in [3.8, 4) is 28.7 Å². The number of aliphatic hydroxyl groups is 1. The maximum Gasteiger partial charge on any atom is 0.332 e. The summed E-state index contributed by atoms with van der Waals surface area (Å²) >= 11 is 6.45. The van der Waals surface area contributed by atoms with Crippen molar-refractivity contribution in [2.24, 2.45) is 11.8 Å². The fourth-order valence-electron chi connectivity index (χ4n) is 11.0. The Morgan fingerprint density at radius 2 is 1.05 bits per heavy atom. The highest BCUT2D eigenvalue weighted by Gasteiger charge is 2.57. The Morgan fingerprint density at radius 1 is 0.615 bits per heavy atom. The van der Waals surface area contributed by atoms with Crippen LogP contribution in [0.4, 0.5) is 26.3 Å². The molecule has 0 amide bonds. The number of pyridine rings is 2. The molecule has 8 heterocycles. The van der Waals surface area contributed by atoms with E-state index >= 15 is 0 Å². The molecule has 4 fully saturated rings. The van der Waals surface area contributed by atoms with Gasteiger partial charge in [0.25, 0.3) is 23.0 Å². The van der Waals surface area contributed by atoms with Crippen molar-refractivity contribution in [3.05, 3.63) is 155 Å². The van der Waals surface area contributed by atoms with Crippen molar-refractivity contribution in [3.63, 3.8) is 0 Å². The lowest BCUT2D eigenvalue weighted by Crippen LogP contribution is -2.41. The van der Waals surface area contributed by atoms with E-state index in [2.05, 4.69) is 9.97 Å². The lowest BCUT2D eigenvalue weighted by atomic mass is 10.2. The number of benzene rings is 2. The van der Waals surface area contributed by atoms with Gasteiger partial charge in [-0.1, -0.05) is 35.9 Å². The first-order chi connectivity index (χ1) is 43.6. The molecule has 20 nitrogen and oxygen atoms in total. The number of rotatable bonds is 22. The van der Waals surface area contributed by atoms with Crippen LogP contribution in [-0.4, -0.2) is 117 Å². The summed E-state index contributed by atoms with van der Waals surface area (Å²) in [4.78, 5) is 73.5. The molecule has 488 valence electrons. The van der Waals surface area contributed by atoms with Crippen molar-refractivity contribution in [1.29, 1.82) is 0 Å². The summed E-state index contributed by atoms with van der Waals surface area (Å²) < 4.78 is 115. The smallest absolute Gasteiger partial charge is 0.332 e. The molecule has 0 radical (unpaired) electrons. The molecule has 4 unspecified atom stereocenters. The van der Waals surface area contributed by atoms with Crippen molar-refractivity contribution >= 4 is 33.9 Å². The van der Waals surface area contributed by atoms with E-state index in [1.54, 1.807) is 63.9 Å². The number of ether oxygens (including phenoxy) is 5. The van der Waals surface area contributed by atoms with Gasteiger partial charge < -0.3 is 37.9 Å². The molecule has 2 aromatic carbocycles. The Labute approximate surface area is 523 Å². The first kappa shape index (κ1) is 66.4. The molecule has 2 saturated heterocycles. The van der Waals surface area contributed by atoms with Crippen molar-refractivity contribution < 1.29 is 55.1 Å². The number of aromatic nitrogens is 10. The Kier molecular flexibility index (Phi) is 21.2. The van der Waals surface area contributed by atoms with Gasteiger partial charge in [0.05, 0.1) is 49.4 Å². The zero-order valence-electron chi connectivity index (χ0n) is 50.9. The van der Waals surface area contributed by atoms with Crippen LogP contribution in [0.15, 0.2) is 104 Å². The standard InChI is InChI=1S/C32H36F3N5O5.C28H31ClFN5O4.C4H6F2O/c1-20(2)40-28-26(30(41)38(31(40)42)14-6-16-44-25-8-3-4-15-43-25)39(18-21-9-11-23(33)12-10-21)27(37-28)24-7-5-13-36-29(24)45-19-22-17-32(22,34)35;1-18(2)35-26-23(27(36)33(28(35)37)14-6-16-39-22-8-3-4-15-38-22)34(17-19-9-11-20(30)12-10-19)25(32-26)21-7-5-13-31-24(21)29;5-4(6)1-3(4)2-7/h5,7,9-13,20,22,25H,3-4,6,8,14-19H2,1-2H3;5,7,9-13,18,22H,3-4,6,8,14-17H2,1-2H3;3,7H,1-2H2. The molecule has 2 saturated carbocycles. The van der Waals surface area contributed by atoms with Gasteiger partial charge in [-0.15, -0.1) is 0 Å². The summed E-state index contributed by atoms with van der Waals surface area (Å²) in [5.74, 6) is -6.96. The van der Waals surface area contributed by atoms with Crippen LogP contribution in [0.25, 0.3) is 45.1 Å². The molecule has 8 aromatic rings. The third-order valence-corrected chi connectivity index (χ3v) is 16.5. The highest BCUT2D eigenvalue weighted by Crippen LogP contribution is 2.49. The van der Waals surface area contributed by atoms with E-state index in [1.807, 2.05) is 27.7 Å². The number of aliphatic hydroxyl groups excluding tert-OH is 1. The van der Waals surface area contributed by atoms with Gasteiger partial charge in [-0.3, -0.25) is 27.9 Å². The fraction of sp³-hybridized carbons (Fsp3) is 0.500. The summed E-state index contributed by atoms with van der Waals surface area (Å²) in [5, 5.41) is 8.28. The van der Waals surface area contributed by atoms with E-state index in [4.69, 9.17) is 50.4 Å². The summed E-state index contributed by atoms with van der Waals surface area (Å²) in [6.45, 7) is 9.41. The van der Waals surface area contributed by atoms with Crippen LogP contribution < -0.4 is 27.2 Å². The Hall–Kier alpha value is -7.49. The molecule has 0 bridgehead atoms. The molecule has 4 aliphatic rings. The molecule has 4 atom stereocenters. The van der Waals surface area contributed by atoms with E-state index < -0.39 is 52.0 Å². The van der Waals surface area contributed by atoms with Gasteiger partial charge in [0.15, 0.2) is 34.9 Å². The monoisotopic (exact) mass is 1290 g/mol. The second kappa shape index (κ2) is 29.0. The average Bonchev–Trinajstić information content (AvgIpc) is 1.63. The van der Waals surface area contributed by atoms with Crippen LogP contribution >= 0.6 is 11.6 Å². The fourth-order valence-corrected chi connectivity index (χ4v) is 11.2. The normalized spacial score (nSPS) is 19.1. The quantitative estimate of drug-likeness (QED) is 0.0380. The molecule has 2 aliphatic carbocycles. The van der Waals surface area contributed by atoms with Gasteiger partial charge in [-0.25, -0.2) is 55.9 Å². The molecule has 27 heteroatoms. The maximum atomic E-state index is 14.1. The van der Waals surface area contributed by atoms with E-state index in [0.29, 0.717) is 61.8 Å².